The lowest BCUT2D eigenvalue weighted by molar-refractivity contribution is -0.121. The van der Waals surface area contributed by atoms with Crippen molar-refractivity contribution in [1.82, 2.24) is 19.8 Å². The van der Waals surface area contributed by atoms with Crippen LogP contribution in [0.5, 0.6) is 0 Å². The monoisotopic (exact) mass is 332 g/mol. The highest BCUT2D eigenvalue weighted by Gasteiger charge is 2.25. The van der Waals surface area contributed by atoms with E-state index in [0.717, 1.165) is 56.8 Å². The molecule has 1 aromatic heterocycles. The molecule has 0 radical (unpaired) electrons. The summed E-state index contributed by atoms with van der Waals surface area (Å²) in [6.07, 6.45) is 7.60. The first kappa shape index (κ1) is 16.1. The Morgan fingerprint density at radius 2 is 2.04 bits per heavy atom. The van der Waals surface area contributed by atoms with Crippen molar-refractivity contribution < 1.29 is 9.53 Å². The lowest BCUT2D eigenvalue weighted by Gasteiger charge is -2.32. The van der Waals surface area contributed by atoms with Crippen LogP contribution < -0.4 is 5.32 Å². The van der Waals surface area contributed by atoms with E-state index in [9.17, 15) is 4.79 Å². The largest absolute Gasteiger partial charge is 0.381 e. The van der Waals surface area contributed by atoms with Crippen LogP contribution in [0, 0.1) is 11.8 Å². The number of nitrogens with one attached hydrogen (secondary N) is 1. The van der Waals surface area contributed by atoms with E-state index in [2.05, 4.69) is 21.0 Å². The number of nitrogens with zero attached hydrogens (tertiary/aromatic N) is 3. The molecule has 0 unspecified atom stereocenters. The predicted octanol–water partition coefficient (Wildman–Crippen LogP) is 1.54. The number of fused-ring (bicyclic) bond motifs is 1. The highest BCUT2D eigenvalue weighted by atomic mass is 16.5. The third-order valence-electron chi connectivity index (χ3n) is 5.43. The summed E-state index contributed by atoms with van der Waals surface area (Å²) in [4.78, 5) is 19.1. The molecule has 2 fully saturated rings. The summed E-state index contributed by atoms with van der Waals surface area (Å²) in [5, 5.41) is 3.01. The van der Waals surface area contributed by atoms with Crippen LogP contribution in [0.3, 0.4) is 0 Å². The molecule has 2 aliphatic heterocycles. The Balaban J connectivity index is 1.27. The van der Waals surface area contributed by atoms with Gasteiger partial charge in [-0.05, 0) is 37.5 Å². The van der Waals surface area contributed by atoms with E-state index >= 15 is 0 Å². The lowest BCUT2D eigenvalue weighted by atomic mass is 9.99. The van der Waals surface area contributed by atoms with Gasteiger partial charge in [-0.3, -0.25) is 9.69 Å². The zero-order valence-corrected chi connectivity index (χ0v) is 14.4. The van der Waals surface area contributed by atoms with Gasteiger partial charge < -0.3 is 14.6 Å². The second-order valence-electron chi connectivity index (χ2n) is 7.56. The third kappa shape index (κ3) is 4.16. The molecule has 0 spiro atoms. The number of rotatable bonds is 6. The fraction of sp³-hybridized carbons (Fsp3) is 0.778. The number of carbonyl (C=O) groups is 1. The van der Waals surface area contributed by atoms with Crippen LogP contribution in [0.25, 0.3) is 0 Å². The molecule has 1 aromatic rings. The summed E-state index contributed by atoms with van der Waals surface area (Å²) in [5.41, 5.74) is 0.988. The highest BCUT2D eigenvalue weighted by Crippen LogP contribution is 2.32. The van der Waals surface area contributed by atoms with Crippen molar-refractivity contribution in [1.29, 1.82) is 0 Å². The number of carbonyl (C=O) groups excluding carboxylic acids is 1. The van der Waals surface area contributed by atoms with Crippen molar-refractivity contribution in [2.24, 2.45) is 11.8 Å². The van der Waals surface area contributed by atoms with Gasteiger partial charge in [-0.2, -0.15) is 0 Å². The molecule has 1 aliphatic carbocycles. The molecule has 1 saturated heterocycles. The number of aromatic nitrogens is 2. The molecule has 1 amide bonds. The number of amides is 1. The van der Waals surface area contributed by atoms with Crippen LogP contribution >= 0.6 is 0 Å². The first-order chi connectivity index (χ1) is 11.8. The molecule has 3 heterocycles. The SMILES string of the molecule is O=C(CC1CC1)NCc1cn2c(n1)CN(CC1CCOCC1)CC2. The smallest absolute Gasteiger partial charge is 0.220 e. The molecular weight excluding hydrogens is 304 g/mol. The van der Waals surface area contributed by atoms with Gasteiger partial charge in [0.25, 0.3) is 0 Å². The first-order valence-electron chi connectivity index (χ1n) is 9.38. The van der Waals surface area contributed by atoms with E-state index in [1.54, 1.807) is 0 Å². The Morgan fingerprint density at radius 1 is 1.21 bits per heavy atom. The van der Waals surface area contributed by atoms with Gasteiger partial charge in [0.05, 0.1) is 18.8 Å². The van der Waals surface area contributed by atoms with E-state index in [0.29, 0.717) is 18.9 Å². The van der Waals surface area contributed by atoms with Crippen molar-refractivity contribution in [2.45, 2.75) is 51.7 Å². The van der Waals surface area contributed by atoms with Crippen molar-refractivity contribution in [3.8, 4) is 0 Å². The Bertz CT molecular complexity index is 576. The van der Waals surface area contributed by atoms with Crippen LogP contribution in [-0.4, -0.2) is 46.7 Å². The Kier molecular flexibility index (Phi) is 4.85. The highest BCUT2D eigenvalue weighted by molar-refractivity contribution is 5.76. The molecule has 1 saturated carbocycles. The van der Waals surface area contributed by atoms with E-state index in [-0.39, 0.29) is 5.91 Å². The Morgan fingerprint density at radius 3 is 2.83 bits per heavy atom. The van der Waals surface area contributed by atoms with E-state index in [1.165, 1.54) is 25.7 Å². The van der Waals surface area contributed by atoms with Crippen molar-refractivity contribution >= 4 is 5.91 Å². The topological polar surface area (TPSA) is 59.4 Å². The average molecular weight is 332 g/mol. The summed E-state index contributed by atoms with van der Waals surface area (Å²) in [6, 6.07) is 0. The molecule has 132 valence electrons. The number of hydrogen-bond acceptors (Lipinski definition) is 4. The number of hydrogen-bond donors (Lipinski definition) is 1. The van der Waals surface area contributed by atoms with Crippen molar-refractivity contribution in [2.75, 3.05) is 26.3 Å². The molecular formula is C18H28N4O2. The summed E-state index contributed by atoms with van der Waals surface area (Å²) < 4.78 is 7.71. The van der Waals surface area contributed by atoms with E-state index < -0.39 is 0 Å². The van der Waals surface area contributed by atoms with Gasteiger partial charge in [0.1, 0.15) is 5.82 Å². The van der Waals surface area contributed by atoms with Gasteiger partial charge in [0.2, 0.25) is 5.91 Å². The molecule has 0 atom stereocenters. The van der Waals surface area contributed by atoms with Gasteiger partial charge in [-0.25, -0.2) is 4.98 Å². The zero-order valence-electron chi connectivity index (χ0n) is 14.4. The van der Waals surface area contributed by atoms with E-state index in [1.807, 2.05) is 0 Å². The minimum Gasteiger partial charge on any atom is -0.381 e. The van der Waals surface area contributed by atoms with Crippen LogP contribution in [0.4, 0.5) is 0 Å². The maximum Gasteiger partial charge on any atom is 0.220 e. The van der Waals surface area contributed by atoms with Crippen LogP contribution in [0.15, 0.2) is 6.20 Å². The standard InChI is InChI=1S/C18H28N4O2/c23-18(9-14-1-2-14)19-10-16-12-22-6-5-21(13-17(22)20-16)11-15-3-7-24-8-4-15/h12,14-15H,1-11,13H2,(H,19,23). The summed E-state index contributed by atoms with van der Waals surface area (Å²) in [6.45, 7) is 6.56. The van der Waals surface area contributed by atoms with Gasteiger partial charge in [-0.1, -0.05) is 0 Å². The van der Waals surface area contributed by atoms with Crippen molar-refractivity contribution in [3.05, 3.63) is 17.7 Å². The maximum atomic E-state index is 11.8. The normalized spacial score (nSPS) is 22.3. The van der Waals surface area contributed by atoms with Crippen molar-refractivity contribution in [3.63, 3.8) is 0 Å². The zero-order chi connectivity index (χ0) is 16.4. The molecule has 1 N–H and O–H groups in total. The number of ether oxygens (including phenoxy) is 1. The van der Waals surface area contributed by atoms with E-state index in [4.69, 9.17) is 9.72 Å². The molecule has 0 bridgehead atoms. The number of imidazole rings is 1. The average Bonchev–Trinajstić information content (AvgIpc) is 3.30. The second-order valence-corrected chi connectivity index (χ2v) is 7.56. The third-order valence-corrected chi connectivity index (χ3v) is 5.43. The molecule has 0 aromatic carbocycles. The fourth-order valence-electron chi connectivity index (χ4n) is 3.74. The molecule has 6 heteroatoms. The fourth-order valence-corrected chi connectivity index (χ4v) is 3.74. The van der Waals surface area contributed by atoms with Gasteiger partial charge in [0.15, 0.2) is 0 Å². The van der Waals surface area contributed by atoms with Crippen LogP contribution in [0.1, 0.15) is 43.6 Å². The van der Waals surface area contributed by atoms with Gasteiger partial charge in [-0.15, -0.1) is 0 Å². The molecule has 24 heavy (non-hydrogen) atoms. The molecule has 3 aliphatic rings. The maximum absolute atomic E-state index is 11.8. The van der Waals surface area contributed by atoms with Crippen LogP contribution in [-0.2, 0) is 29.2 Å². The van der Waals surface area contributed by atoms with Crippen LogP contribution in [0.2, 0.25) is 0 Å². The lowest BCUT2D eigenvalue weighted by Crippen LogP contribution is -2.38. The minimum absolute atomic E-state index is 0.171. The second kappa shape index (κ2) is 7.23. The quantitative estimate of drug-likeness (QED) is 0.858. The summed E-state index contributed by atoms with van der Waals surface area (Å²) >= 11 is 0. The summed E-state index contributed by atoms with van der Waals surface area (Å²) in [5.74, 6) is 2.71. The Labute approximate surface area is 143 Å². The van der Waals surface area contributed by atoms with Gasteiger partial charge in [0, 0.05) is 45.5 Å². The summed E-state index contributed by atoms with van der Waals surface area (Å²) in [7, 11) is 0. The molecule has 4 rings (SSSR count). The first-order valence-corrected chi connectivity index (χ1v) is 9.38. The Hall–Kier alpha value is -1.40. The molecule has 6 nitrogen and oxygen atoms in total. The minimum atomic E-state index is 0.171. The van der Waals surface area contributed by atoms with Gasteiger partial charge >= 0.3 is 0 Å². The predicted molar refractivity (Wildman–Crippen MR) is 90.2 cm³/mol.